The number of carbonyl (C=O) groups excluding carboxylic acids is 1. The number of hydrogen-bond acceptors (Lipinski definition) is 2. The van der Waals surface area contributed by atoms with Crippen molar-refractivity contribution in [1.29, 1.82) is 0 Å². The van der Waals surface area contributed by atoms with E-state index in [0.29, 0.717) is 11.6 Å². The third-order valence-electron chi connectivity index (χ3n) is 4.66. The molecule has 1 fully saturated rings. The maximum atomic E-state index is 13.3. The third-order valence-corrected chi connectivity index (χ3v) is 4.66. The first-order valence-corrected chi connectivity index (χ1v) is 7.56. The molecule has 0 unspecified atom stereocenters. The van der Waals surface area contributed by atoms with Crippen LogP contribution in [0.25, 0.3) is 0 Å². The molecule has 3 heteroatoms. The fourth-order valence-electron chi connectivity index (χ4n) is 3.23. The summed E-state index contributed by atoms with van der Waals surface area (Å²) in [7, 11) is 2.02. The molecule has 1 aliphatic rings. The van der Waals surface area contributed by atoms with Gasteiger partial charge in [-0.25, -0.2) is 4.39 Å². The first-order valence-electron chi connectivity index (χ1n) is 7.56. The summed E-state index contributed by atoms with van der Waals surface area (Å²) in [5, 5.41) is 0. The molecular formula is C17H24FNO. The molecule has 0 amide bonds. The van der Waals surface area contributed by atoms with Crippen molar-refractivity contribution >= 4 is 11.5 Å². The number of anilines is 1. The monoisotopic (exact) mass is 277 g/mol. The number of rotatable bonds is 4. The maximum Gasteiger partial charge on any atom is 0.161 e. The Morgan fingerprint density at radius 2 is 1.95 bits per heavy atom. The highest BCUT2D eigenvalue weighted by Gasteiger charge is 2.25. The Kier molecular flexibility index (Phi) is 4.79. The maximum absolute atomic E-state index is 13.3. The Labute approximate surface area is 121 Å². The minimum atomic E-state index is -0.345. The zero-order chi connectivity index (χ0) is 14.7. The molecule has 2 nitrogen and oxygen atoms in total. The Morgan fingerprint density at radius 3 is 2.50 bits per heavy atom. The summed E-state index contributed by atoms with van der Waals surface area (Å²) >= 11 is 0. The van der Waals surface area contributed by atoms with Crippen LogP contribution < -0.4 is 4.90 Å². The van der Waals surface area contributed by atoms with Gasteiger partial charge in [-0.15, -0.1) is 0 Å². The molecule has 20 heavy (non-hydrogen) atoms. The smallest absolute Gasteiger partial charge is 0.161 e. The second-order valence-corrected chi connectivity index (χ2v) is 5.91. The molecule has 1 aromatic carbocycles. The van der Waals surface area contributed by atoms with E-state index in [1.54, 1.807) is 6.07 Å². The van der Waals surface area contributed by atoms with E-state index in [9.17, 15) is 9.18 Å². The summed E-state index contributed by atoms with van der Waals surface area (Å²) in [6.07, 6.45) is 6.07. The van der Waals surface area contributed by atoms with E-state index in [2.05, 4.69) is 11.8 Å². The van der Waals surface area contributed by atoms with Crippen LogP contribution in [0.2, 0.25) is 0 Å². The summed E-state index contributed by atoms with van der Waals surface area (Å²) in [6.45, 7) is 3.75. The van der Waals surface area contributed by atoms with Crippen LogP contribution in [0.5, 0.6) is 0 Å². The number of Topliss-reactive ketones (excluding diaryl/α,β-unsaturated/α-hetero) is 1. The highest BCUT2D eigenvalue weighted by atomic mass is 19.1. The molecule has 0 atom stereocenters. The van der Waals surface area contributed by atoms with Crippen molar-refractivity contribution in [2.24, 2.45) is 5.92 Å². The molecule has 110 valence electrons. The van der Waals surface area contributed by atoms with Gasteiger partial charge in [-0.1, -0.05) is 13.3 Å². The molecule has 1 aromatic rings. The quantitative estimate of drug-likeness (QED) is 0.759. The number of benzene rings is 1. The Hall–Kier alpha value is -1.38. The Bertz CT molecular complexity index is 478. The van der Waals surface area contributed by atoms with Crippen LogP contribution in [0.1, 0.15) is 56.3 Å². The van der Waals surface area contributed by atoms with Crippen LogP contribution in [-0.2, 0) is 0 Å². The molecule has 1 saturated carbocycles. The molecule has 1 aliphatic carbocycles. The Morgan fingerprint density at radius 1 is 1.30 bits per heavy atom. The van der Waals surface area contributed by atoms with Crippen LogP contribution in [0.3, 0.4) is 0 Å². The van der Waals surface area contributed by atoms with E-state index < -0.39 is 0 Å². The molecule has 0 N–H and O–H groups in total. The minimum Gasteiger partial charge on any atom is -0.371 e. The lowest BCUT2D eigenvalue weighted by atomic mass is 9.84. The van der Waals surface area contributed by atoms with Crippen molar-refractivity contribution in [1.82, 2.24) is 0 Å². The predicted octanol–water partition coefficient (Wildman–Crippen LogP) is 4.43. The van der Waals surface area contributed by atoms with E-state index in [1.807, 2.05) is 7.05 Å². The van der Waals surface area contributed by atoms with E-state index in [0.717, 1.165) is 24.4 Å². The second-order valence-electron chi connectivity index (χ2n) is 5.91. The normalized spacial score (nSPS) is 22.6. The largest absolute Gasteiger partial charge is 0.371 e. The average Bonchev–Trinajstić information content (AvgIpc) is 2.46. The van der Waals surface area contributed by atoms with Gasteiger partial charge in [-0.05, 0) is 56.7 Å². The summed E-state index contributed by atoms with van der Waals surface area (Å²) in [5.41, 5.74) is 1.35. The zero-order valence-corrected chi connectivity index (χ0v) is 12.7. The Balaban J connectivity index is 2.17. The van der Waals surface area contributed by atoms with Crippen LogP contribution in [-0.4, -0.2) is 18.9 Å². The summed E-state index contributed by atoms with van der Waals surface area (Å²) in [6, 6.07) is 4.99. The van der Waals surface area contributed by atoms with E-state index in [4.69, 9.17) is 0 Å². The topological polar surface area (TPSA) is 20.3 Å². The third kappa shape index (κ3) is 3.20. The van der Waals surface area contributed by atoms with Crippen molar-refractivity contribution in [3.8, 4) is 0 Å². The zero-order valence-electron chi connectivity index (χ0n) is 12.7. The molecule has 2 rings (SSSR count). The van der Waals surface area contributed by atoms with Crippen molar-refractivity contribution < 1.29 is 9.18 Å². The second kappa shape index (κ2) is 6.38. The molecule has 0 heterocycles. The molecule has 0 saturated heterocycles. The number of carbonyl (C=O) groups is 1. The highest BCUT2D eigenvalue weighted by molar-refractivity contribution is 5.99. The molecule has 0 spiro atoms. The summed E-state index contributed by atoms with van der Waals surface area (Å²) < 4.78 is 13.3. The lowest BCUT2D eigenvalue weighted by Gasteiger charge is -2.36. The summed E-state index contributed by atoms with van der Waals surface area (Å²) in [4.78, 5) is 13.9. The highest BCUT2D eigenvalue weighted by Crippen LogP contribution is 2.32. The SMILES string of the molecule is CCC1CCC(N(C)c2ccc(F)cc2C(C)=O)CC1. The standard InChI is InChI=1S/C17H24FNO/c1-4-13-5-8-15(9-6-13)19(3)17-10-7-14(18)11-16(17)12(2)20/h7,10-11,13,15H,4-6,8-9H2,1-3H3. The van der Waals surface area contributed by atoms with Crippen LogP contribution >= 0.6 is 0 Å². The van der Waals surface area contributed by atoms with Gasteiger partial charge >= 0.3 is 0 Å². The van der Waals surface area contributed by atoms with Gasteiger partial charge in [0.25, 0.3) is 0 Å². The lowest BCUT2D eigenvalue weighted by Crippen LogP contribution is -2.36. The molecule has 0 bridgehead atoms. The van der Waals surface area contributed by atoms with Gasteiger partial charge < -0.3 is 4.90 Å². The molecule has 0 aromatic heterocycles. The van der Waals surface area contributed by atoms with Gasteiger partial charge in [0.1, 0.15) is 5.82 Å². The van der Waals surface area contributed by atoms with Gasteiger partial charge in [0.2, 0.25) is 0 Å². The van der Waals surface area contributed by atoms with Crippen molar-refractivity contribution in [3.05, 3.63) is 29.6 Å². The fourth-order valence-corrected chi connectivity index (χ4v) is 3.23. The summed E-state index contributed by atoms with van der Waals surface area (Å²) in [5.74, 6) is 0.427. The van der Waals surface area contributed by atoms with Gasteiger partial charge in [-0.3, -0.25) is 4.79 Å². The molecule has 0 radical (unpaired) electrons. The number of halogens is 1. The molecular weight excluding hydrogens is 253 g/mol. The van der Waals surface area contributed by atoms with Crippen LogP contribution in [0.4, 0.5) is 10.1 Å². The van der Waals surface area contributed by atoms with Crippen LogP contribution in [0, 0.1) is 11.7 Å². The van der Waals surface area contributed by atoms with E-state index in [1.165, 1.54) is 38.3 Å². The van der Waals surface area contributed by atoms with Gasteiger partial charge in [-0.2, -0.15) is 0 Å². The van der Waals surface area contributed by atoms with Gasteiger partial charge in [0, 0.05) is 24.3 Å². The number of nitrogens with zero attached hydrogens (tertiary/aromatic N) is 1. The number of hydrogen-bond donors (Lipinski definition) is 0. The lowest BCUT2D eigenvalue weighted by molar-refractivity contribution is 0.101. The fraction of sp³-hybridized carbons (Fsp3) is 0.588. The van der Waals surface area contributed by atoms with Gasteiger partial charge in [0.05, 0.1) is 0 Å². The predicted molar refractivity (Wildman–Crippen MR) is 80.8 cm³/mol. The minimum absolute atomic E-state index is 0.0754. The number of ketones is 1. The van der Waals surface area contributed by atoms with Crippen molar-refractivity contribution in [2.75, 3.05) is 11.9 Å². The van der Waals surface area contributed by atoms with Crippen molar-refractivity contribution in [2.45, 2.75) is 52.0 Å². The first-order chi connectivity index (χ1) is 9.52. The van der Waals surface area contributed by atoms with Crippen molar-refractivity contribution in [3.63, 3.8) is 0 Å². The first kappa shape index (κ1) is 15.0. The van der Waals surface area contributed by atoms with Crippen LogP contribution in [0.15, 0.2) is 18.2 Å². The van der Waals surface area contributed by atoms with Gasteiger partial charge in [0.15, 0.2) is 5.78 Å². The molecule has 0 aliphatic heterocycles. The average molecular weight is 277 g/mol. The van der Waals surface area contributed by atoms with E-state index >= 15 is 0 Å². The van der Waals surface area contributed by atoms with E-state index in [-0.39, 0.29) is 11.6 Å².